The molecule has 1 heterocycles. The van der Waals surface area contributed by atoms with E-state index >= 15 is 0 Å². The van der Waals surface area contributed by atoms with Crippen LogP contribution in [0.3, 0.4) is 0 Å². The van der Waals surface area contributed by atoms with E-state index in [0.717, 1.165) is 24.1 Å². The third-order valence-corrected chi connectivity index (χ3v) is 5.29. The number of aryl methyl sites for hydroxylation is 1. The first kappa shape index (κ1) is 20.6. The lowest BCUT2D eigenvalue weighted by Gasteiger charge is -2.43. The van der Waals surface area contributed by atoms with Crippen molar-refractivity contribution in [1.82, 2.24) is 5.43 Å². The quantitative estimate of drug-likeness (QED) is 0.564. The van der Waals surface area contributed by atoms with E-state index in [1.54, 1.807) is 18.3 Å². The maximum atomic E-state index is 12.2. The summed E-state index contributed by atoms with van der Waals surface area (Å²) in [5.41, 5.74) is 8.62. The average Bonchev–Trinajstić information content (AvgIpc) is 2.65. The molecule has 5 nitrogen and oxygen atoms in total. The molecule has 152 valence electrons. The van der Waals surface area contributed by atoms with Crippen LogP contribution in [0.15, 0.2) is 47.6 Å². The Kier molecular flexibility index (Phi) is 5.78. The molecule has 0 bridgehead atoms. The minimum Gasteiger partial charge on any atom is -0.508 e. The number of phenols is 1. The number of anilines is 1. The van der Waals surface area contributed by atoms with Crippen molar-refractivity contribution in [3.63, 3.8) is 0 Å². The van der Waals surface area contributed by atoms with Crippen LogP contribution in [0.5, 0.6) is 5.75 Å². The maximum absolute atomic E-state index is 12.2. The largest absolute Gasteiger partial charge is 0.508 e. The molecule has 0 saturated heterocycles. The fourth-order valence-electron chi connectivity index (χ4n) is 3.89. The highest BCUT2D eigenvalue weighted by Gasteiger charge is 2.31. The Hall–Kier alpha value is -3.08. The molecule has 2 aromatic carbocycles. The van der Waals surface area contributed by atoms with Crippen molar-refractivity contribution in [2.24, 2.45) is 5.10 Å². The molecule has 0 unspecified atom stereocenters. The zero-order valence-corrected chi connectivity index (χ0v) is 17.8. The highest BCUT2D eigenvalue weighted by molar-refractivity contribution is 5.95. The van der Waals surface area contributed by atoms with Crippen molar-refractivity contribution in [1.29, 1.82) is 0 Å². The Labute approximate surface area is 172 Å². The highest BCUT2D eigenvalue weighted by Crippen LogP contribution is 2.40. The predicted molar refractivity (Wildman–Crippen MR) is 120 cm³/mol. The summed E-state index contributed by atoms with van der Waals surface area (Å²) < 4.78 is 0. The number of rotatable bonds is 5. The number of amides is 1. The summed E-state index contributed by atoms with van der Waals surface area (Å²) in [5, 5.41) is 13.6. The third-order valence-electron chi connectivity index (χ3n) is 5.29. The number of phenolic OH excluding ortho intramolecular Hbond substituents is 1. The lowest BCUT2D eigenvalue weighted by molar-refractivity contribution is 0.0954. The van der Waals surface area contributed by atoms with E-state index < -0.39 is 0 Å². The molecule has 3 rings (SSSR count). The lowest BCUT2D eigenvalue weighted by Crippen LogP contribution is -2.45. The van der Waals surface area contributed by atoms with Crippen LogP contribution in [0.25, 0.3) is 5.57 Å². The molecule has 0 atom stereocenters. The first-order chi connectivity index (χ1) is 13.7. The molecule has 29 heavy (non-hydrogen) atoms. The lowest BCUT2D eigenvalue weighted by atomic mass is 9.87. The molecule has 0 spiro atoms. The fourth-order valence-corrected chi connectivity index (χ4v) is 3.89. The van der Waals surface area contributed by atoms with E-state index in [-0.39, 0.29) is 17.2 Å². The van der Waals surface area contributed by atoms with E-state index in [4.69, 9.17) is 0 Å². The van der Waals surface area contributed by atoms with Gasteiger partial charge in [0.05, 0.1) is 11.8 Å². The number of hydrazone groups is 1. The van der Waals surface area contributed by atoms with Crippen LogP contribution < -0.4 is 10.3 Å². The molecule has 0 aromatic heterocycles. The predicted octanol–water partition coefficient (Wildman–Crippen LogP) is 4.88. The van der Waals surface area contributed by atoms with Crippen molar-refractivity contribution in [2.75, 3.05) is 11.4 Å². The summed E-state index contributed by atoms with van der Waals surface area (Å²) in [6.45, 7) is 11.9. The summed E-state index contributed by atoms with van der Waals surface area (Å²) in [7, 11) is 0. The molecule has 2 aromatic rings. The summed E-state index contributed by atoms with van der Waals surface area (Å²) in [6.07, 6.45) is 5.07. The van der Waals surface area contributed by atoms with Gasteiger partial charge in [-0.15, -0.1) is 0 Å². The zero-order chi connectivity index (χ0) is 21.2. The number of allylic oxidation sites excluding steroid dienone is 1. The first-order valence-electron chi connectivity index (χ1n) is 9.97. The van der Waals surface area contributed by atoms with Gasteiger partial charge in [-0.1, -0.05) is 19.1 Å². The normalized spacial score (nSPS) is 15.2. The van der Waals surface area contributed by atoms with Gasteiger partial charge < -0.3 is 10.0 Å². The molecule has 0 fully saturated rings. The van der Waals surface area contributed by atoms with E-state index in [1.165, 1.54) is 29.0 Å². The Morgan fingerprint density at radius 1 is 1.24 bits per heavy atom. The minimum absolute atomic E-state index is 0.0235. The van der Waals surface area contributed by atoms with Gasteiger partial charge in [-0.3, -0.25) is 4.79 Å². The van der Waals surface area contributed by atoms with Gasteiger partial charge in [0.15, 0.2) is 0 Å². The molecule has 5 heteroatoms. The van der Waals surface area contributed by atoms with Crippen LogP contribution in [-0.2, 0) is 0 Å². The van der Waals surface area contributed by atoms with Crippen LogP contribution in [0.1, 0.15) is 61.2 Å². The minimum atomic E-state index is -0.361. The number of benzene rings is 2. The second-order valence-electron chi connectivity index (χ2n) is 8.11. The van der Waals surface area contributed by atoms with Crippen LogP contribution in [0, 0.1) is 6.92 Å². The molecular formula is C24H29N3O2. The number of carbonyl (C=O) groups is 1. The van der Waals surface area contributed by atoms with Crippen LogP contribution in [-0.4, -0.2) is 29.3 Å². The third kappa shape index (κ3) is 4.34. The average molecular weight is 392 g/mol. The SMILES string of the molecule is CCCN1c2cc(C)c(/C=N/NC(=O)c3cccc(O)c3)cc2C(C)=CC1(C)C. The topological polar surface area (TPSA) is 64.9 Å². The number of carbonyl (C=O) groups excluding carboxylic acids is 1. The summed E-state index contributed by atoms with van der Waals surface area (Å²) >= 11 is 0. The van der Waals surface area contributed by atoms with Gasteiger partial charge in [0.2, 0.25) is 0 Å². The van der Waals surface area contributed by atoms with Crippen molar-refractivity contribution in [2.45, 2.75) is 46.6 Å². The first-order valence-corrected chi connectivity index (χ1v) is 9.97. The van der Waals surface area contributed by atoms with E-state index in [2.05, 4.69) is 68.3 Å². The molecule has 0 aliphatic carbocycles. The number of hydrogen-bond acceptors (Lipinski definition) is 4. The molecule has 1 aliphatic rings. The van der Waals surface area contributed by atoms with Crippen LogP contribution in [0.4, 0.5) is 5.69 Å². The van der Waals surface area contributed by atoms with Crippen molar-refractivity contribution < 1.29 is 9.90 Å². The molecule has 1 aliphatic heterocycles. The molecule has 0 radical (unpaired) electrons. The number of nitrogens with zero attached hydrogens (tertiary/aromatic N) is 2. The fraction of sp³-hybridized carbons (Fsp3) is 0.333. The molecule has 0 saturated carbocycles. The Balaban J connectivity index is 1.86. The highest BCUT2D eigenvalue weighted by atomic mass is 16.3. The molecular weight excluding hydrogens is 362 g/mol. The number of aromatic hydroxyl groups is 1. The maximum Gasteiger partial charge on any atom is 0.271 e. The number of fused-ring (bicyclic) bond motifs is 1. The van der Waals surface area contributed by atoms with Gasteiger partial charge in [-0.25, -0.2) is 5.43 Å². The van der Waals surface area contributed by atoms with Gasteiger partial charge >= 0.3 is 0 Å². The van der Waals surface area contributed by atoms with Gasteiger partial charge in [0.25, 0.3) is 5.91 Å². The summed E-state index contributed by atoms with van der Waals surface area (Å²) in [5.74, 6) is -0.311. The molecule has 1 amide bonds. The summed E-state index contributed by atoms with van der Waals surface area (Å²) in [6, 6.07) is 10.5. The van der Waals surface area contributed by atoms with E-state index in [0.29, 0.717) is 5.56 Å². The standard InChI is InChI=1S/C24H29N3O2/c1-6-10-27-22-11-16(2)19(13-21(22)17(3)14-24(27,4)5)15-25-26-23(29)18-8-7-9-20(28)12-18/h7-9,11-15,28H,6,10H2,1-5H3,(H,26,29)/b25-15+. The second kappa shape index (κ2) is 8.11. The van der Waals surface area contributed by atoms with E-state index in [9.17, 15) is 9.90 Å². The monoisotopic (exact) mass is 391 g/mol. The Morgan fingerprint density at radius 2 is 2.00 bits per heavy atom. The van der Waals surface area contributed by atoms with Crippen molar-refractivity contribution in [3.05, 3.63) is 64.7 Å². The smallest absolute Gasteiger partial charge is 0.271 e. The Morgan fingerprint density at radius 3 is 2.69 bits per heavy atom. The van der Waals surface area contributed by atoms with Crippen molar-refractivity contribution >= 4 is 23.4 Å². The molecule has 2 N–H and O–H groups in total. The van der Waals surface area contributed by atoms with Gasteiger partial charge in [-0.2, -0.15) is 5.10 Å². The Bertz CT molecular complexity index is 990. The number of hydrogen-bond donors (Lipinski definition) is 2. The van der Waals surface area contributed by atoms with Gasteiger partial charge in [0.1, 0.15) is 5.75 Å². The van der Waals surface area contributed by atoms with E-state index in [1.807, 2.05) is 0 Å². The van der Waals surface area contributed by atoms with Gasteiger partial charge in [-0.05, 0) is 81.1 Å². The second-order valence-corrected chi connectivity index (χ2v) is 8.11. The van der Waals surface area contributed by atoms with Crippen molar-refractivity contribution in [3.8, 4) is 5.75 Å². The zero-order valence-electron chi connectivity index (χ0n) is 17.8. The summed E-state index contributed by atoms with van der Waals surface area (Å²) in [4.78, 5) is 14.6. The van der Waals surface area contributed by atoms with Crippen LogP contribution >= 0.6 is 0 Å². The van der Waals surface area contributed by atoms with Crippen LogP contribution in [0.2, 0.25) is 0 Å². The number of nitrogens with one attached hydrogen (secondary N) is 1. The van der Waals surface area contributed by atoms with Gasteiger partial charge in [0, 0.05) is 23.4 Å².